The number of nitrogens with zero attached hydrogens (tertiary/aromatic N) is 2. The first kappa shape index (κ1) is 13.1. The van der Waals surface area contributed by atoms with E-state index in [1.165, 1.54) is 18.4 Å². The molecule has 0 amide bonds. The van der Waals surface area contributed by atoms with Crippen LogP contribution in [-0.2, 0) is 6.42 Å². The maximum Gasteiger partial charge on any atom is 0.141 e. The van der Waals surface area contributed by atoms with Crippen LogP contribution in [0.5, 0.6) is 0 Å². The van der Waals surface area contributed by atoms with Crippen LogP contribution in [-0.4, -0.2) is 9.97 Å². The van der Waals surface area contributed by atoms with Gasteiger partial charge in [0, 0.05) is 16.8 Å². The molecule has 0 bridgehead atoms. The zero-order valence-electron chi connectivity index (χ0n) is 10.2. The standard InChI is InChI=1S/C14H13Br2N3/c15-10-5-1-8(2-6-10)7-11-18-13(9-3-4-9)12(16)14(17)19-11/h1-2,5-6,9H,3-4,7H2,(H2,17,18,19). The highest BCUT2D eigenvalue weighted by Gasteiger charge is 2.28. The molecule has 5 heteroatoms. The molecule has 0 unspecified atom stereocenters. The van der Waals surface area contributed by atoms with Gasteiger partial charge in [0.15, 0.2) is 0 Å². The van der Waals surface area contributed by atoms with E-state index in [1.54, 1.807) is 0 Å². The van der Waals surface area contributed by atoms with Gasteiger partial charge in [-0.15, -0.1) is 0 Å². The molecule has 2 aromatic rings. The fourth-order valence-corrected chi connectivity index (χ4v) is 2.79. The van der Waals surface area contributed by atoms with Crippen molar-refractivity contribution in [1.82, 2.24) is 9.97 Å². The molecule has 2 N–H and O–H groups in total. The summed E-state index contributed by atoms with van der Waals surface area (Å²) in [4.78, 5) is 9.03. The van der Waals surface area contributed by atoms with E-state index in [4.69, 9.17) is 5.73 Å². The summed E-state index contributed by atoms with van der Waals surface area (Å²) in [7, 11) is 0. The van der Waals surface area contributed by atoms with Gasteiger partial charge in [-0.1, -0.05) is 28.1 Å². The molecule has 1 aromatic carbocycles. The maximum absolute atomic E-state index is 5.96. The number of anilines is 1. The van der Waals surface area contributed by atoms with Gasteiger partial charge < -0.3 is 5.73 Å². The first-order valence-corrected chi connectivity index (χ1v) is 7.78. The van der Waals surface area contributed by atoms with Crippen LogP contribution in [0.2, 0.25) is 0 Å². The second kappa shape index (κ2) is 5.21. The highest BCUT2D eigenvalue weighted by molar-refractivity contribution is 9.10. The number of nitrogen functional groups attached to an aromatic ring is 1. The molecule has 0 aliphatic heterocycles. The van der Waals surface area contributed by atoms with Crippen LogP contribution in [0.4, 0.5) is 5.82 Å². The third-order valence-corrected chi connectivity index (χ3v) is 4.53. The lowest BCUT2D eigenvalue weighted by Gasteiger charge is -2.08. The summed E-state index contributed by atoms with van der Waals surface area (Å²) in [6.45, 7) is 0. The smallest absolute Gasteiger partial charge is 0.141 e. The van der Waals surface area contributed by atoms with Crippen LogP contribution in [0, 0.1) is 0 Å². The highest BCUT2D eigenvalue weighted by atomic mass is 79.9. The lowest BCUT2D eigenvalue weighted by Crippen LogP contribution is -2.05. The fraction of sp³-hybridized carbons (Fsp3) is 0.286. The lowest BCUT2D eigenvalue weighted by molar-refractivity contribution is 0.895. The molecular weight excluding hydrogens is 370 g/mol. The van der Waals surface area contributed by atoms with E-state index in [-0.39, 0.29) is 0 Å². The van der Waals surface area contributed by atoms with Crippen LogP contribution in [0.1, 0.15) is 35.8 Å². The van der Waals surface area contributed by atoms with Crippen LogP contribution < -0.4 is 5.73 Å². The van der Waals surface area contributed by atoms with Crippen LogP contribution in [0.25, 0.3) is 0 Å². The Hall–Kier alpha value is -0.940. The monoisotopic (exact) mass is 381 g/mol. The maximum atomic E-state index is 5.96. The molecule has 0 spiro atoms. The van der Waals surface area contributed by atoms with Crippen molar-refractivity contribution >= 4 is 37.7 Å². The van der Waals surface area contributed by atoms with Crippen LogP contribution in [0.15, 0.2) is 33.2 Å². The molecule has 1 aliphatic carbocycles. The van der Waals surface area contributed by atoms with Crippen molar-refractivity contribution in [2.75, 3.05) is 5.73 Å². The first-order valence-electron chi connectivity index (χ1n) is 6.19. The quantitative estimate of drug-likeness (QED) is 0.870. The summed E-state index contributed by atoms with van der Waals surface area (Å²) >= 11 is 6.93. The Kier molecular flexibility index (Phi) is 3.58. The minimum absolute atomic E-state index is 0.545. The van der Waals surface area contributed by atoms with Gasteiger partial charge >= 0.3 is 0 Å². The van der Waals surface area contributed by atoms with Gasteiger partial charge in [-0.05, 0) is 46.5 Å². The fourth-order valence-electron chi connectivity index (χ4n) is 2.02. The minimum Gasteiger partial charge on any atom is -0.383 e. The van der Waals surface area contributed by atoms with E-state index >= 15 is 0 Å². The molecule has 19 heavy (non-hydrogen) atoms. The van der Waals surface area contributed by atoms with Crippen molar-refractivity contribution in [3.05, 3.63) is 50.3 Å². The summed E-state index contributed by atoms with van der Waals surface area (Å²) in [6, 6.07) is 8.20. The summed E-state index contributed by atoms with van der Waals surface area (Å²) < 4.78 is 1.95. The first-order chi connectivity index (χ1) is 9.13. The Morgan fingerprint density at radius 2 is 1.79 bits per heavy atom. The SMILES string of the molecule is Nc1nc(Cc2ccc(Br)cc2)nc(C2CC2)c1Br. The summed E-state index contributed by atoms with van der Waals surface area (Å²) in [5, 5.41) is 0. The molecule has 1 aliphatic rings. The van der Waals surface area contributed by atoms with Gasteiger partial charge in [-0.3, -0.25) is 0 Å². The largest absolute Gasteiger partial charge is 0.383 e. The number of nitrogens with two attached hydrogens (primary N) is 1. The van der Waals surface area contributed by atoms with Crippen molar-refractivity contribution in [2.24, 2.45) is 0 Å². The van der Waals surface area contributed by atoms with Gasteiger partial charge in [0.2, 0.25) is 0 Å². The minimum atomic E-state index is 0.545. The Bertz CT molecular complexity index is 607. The second-order valence-corrected chi connectivity index (χ2v) is 6.51. The predicted octanol–water partition coefficient (Wildman–Crippen LogP) is 4.05. The Morgan fingerprint density at radius 3 is 2.42 bits per heavy atom. The van der Waals surface area contributed by atoms with Crippen molar-refractivity contribution in [3.8, 4) is 0 Å². The topological polar surface area (TPSA) is 51.8 Å². The summed E-state index contributed by atoms with van der Waals surface area (Å²) in [5.41, 5.74) is 8.22. The summed E-state index contributed by atoms with van der Waals surface area (Å²) in [6.07, 6.45) is 3.12. The van der Waals surface area contributed by atoms with Gasteiger partial charge in [-0.25, -0.2) is 9.97 Å². The third-order valence-electron chi connectivity index (χ3n) is 3.19. The zero-order valence-corrected chi connectivity index (χ0v) is 13.4. The second-order valence-electron chi connectivity index (χ2n) is 4.80. The van der Waals surface area contributed by atoms with E-state index in [0.29, 0.717) is 18.2 Å². The Balaban J connectivity index is 1.90. The van der Waals surface area contributed by atoms with Gasteiger partial charge in [-0.2, -0.15) is 0 Å². The average molecular weight is 383 g/mol. The third kappa shape index (κ3) is 2.98. The van der Waals surface area contributed by atoms with Crippen LogP contribution in [0.3, 0.4) is 0 Å². The predicted molar refractivity (Wildman–Crippen MR) is 83.1 cm³/mol. The zero-order chi connectivity index (χ0) is 13.4. The molecule has 1 heterocycles. The molecule has 98 valence electrons. The highest BCUT2D eigenvalue weighted by Crippen LogP contribution is 2.43. The average Bonchev–Trinajstić information content (AvgIpc) is 3.21. The normalized spacial score (nSPS) is 14.6. The van der Waals surface area contributed by atoms with Gasteiger partial charge in [0.25, 0.3) is 0 Å². The van der Waals surface area contributed by atoms with E-state index in [0.717, 1.165) is 20.5 Å². The number of rotatable bonds is 3. The molecule has 3 rings (SSSR count). The molecule has 0 saturated heterocycles. The number of benzene rings is 1. The lowest BCUT2D eigenvalue weighted by atomic mass is 10.1. The Morgan fingerprint density at radius 1 is 1.11 bits per heavy atom. The molecule has 3 nitrogen and oxygen atoms in total. The molecule has 0 atom stereocenters. The molecular formula is C14H13Br2N3. The number of halogens is 2. The number of hydrogen-bond acceptors (Lipinski definition) is 3. The van der Waals surface area contributed by atoms with Crippen molar-refractivity contribution in [3.63, 3.8) is 0 Å². The number of aromatic nitrogens is 2. The van der Waals surface area contributed by atoms with Crippen molar-refractivity contribution in [1.29, 1.82) is 0 Å². The molecule has 0 radical (unpaired) electrons. The van der Waals surface area contributed by atoms with E-state index in [9.17, 15) is 0 Å². The molecule has 1 aromatic heterocycles. The number of hydrogen-bond donors (Lipinski definition) is 1. The van der Waals surface area contributed by atoms with Crippen molar-refractivity contribution in [2.45, 2.75) is 25.2 Å². The van der Waals surface area contributed by atoms with Crippen molar-refractivity contribution < 1.29 is 0 Å². The van der Waals surface area contributed by atoms with E-state index in [2.05, 4.69) is 54.0 Å². The Labute approximate surface area is 128 Å². The van der Waals surface area contributed by atoms with Gasteiger partial charge in [0.05, 0.1) is 10.2 Å². The van der Waals surface area contributed by atoms with Crippen LogP contribution >= 0.6 is 31.9 Å². The van der Waals surface area contributed by atoms with E-state index < -0.39 is 0 Å². The molecule has 1 saturated carbocycles. The van der Waals surface area contributed by atoms with Gasteiger partial charge in [0.1, 0.15) is 11.6 Å². The molecule has 1 fully saturated rings. The van der Waals surface area contributed by atoms with E-state index in [1.807, 2.05) is 12.1 Å². The summed E-state index contributed by atoms with van der Waals surface area (Å²) in [5.74, 6) is 1.90.